The monoisotopic (exact) mass is 494 g/mol. The van der Waals surface area contributed by atoms with Gasteiger partial charge in [0.15, 0.2) is 21.4 Å². The highest BCUT2D eigenvalue weighted by molar-refractivity contribution is 7.92. The quantitative estimate of drug-likeness (QED) is 0.377. The topological polar surface area (TPSA) is 112 Å². The number of aryl methyl sites for hydroxylation is 1. The van der Waals surface area contributed by atoms with E-state index >= 15 is 0 Å². The SMILES string of the molecule is CCOC(=O)CS(=O)(=O)c1ccc([C@@H](C)NC(=O)c2cc(-n3ccc4ccccc43)nn2C)cc1. The summed E-state index contributed by atoms with van der Waals surface area (Å²) >= 11 is 0. The standard InChI is InChI=1S/C25H26N4O5S/c1-4-34-24(30)16-35(32,33)20-11-9-18(10-12-20)17(2)26-25(31)22-15-23(27-28(22)3)29-14-13-19-7-5-6-8-21(19)29/h5-15,17H,4,16H2,1-3H3,(H,26,31)/t17-/m1/s1. The summed E-state index contributed by atoms with van der Waals surface area (Å²) in [6.45, 7) is 3.53. The van der Waals surface area contributed by atoms with Gasteiger partial charge in [-0.2, -0.15) is 5.10 Å². The van der Waals surface area contributed by atoms with Crippen LogP contribution in [0.5, 0.6) is 0 Å². The number of nitrogens with one attached hydrogen (secondary N) is 1. The predicted octanol–water partition coefficient (Wildman–Crippen LogP) is 3.19. The molecule has 4 aromatic rings. The number of hydrogen-bond acceptors (Lipinski definition) is 6. The molecule has 1 amide bonds. The number of ether oxygens (including phenoxy) is 1. The maximum atomic E-state index is 13.0. The van der Waals surface area contributed by atoms with Crippen LogP contribution in [0, 0.1) is 0 Å². The molecule has 0 fully saturated rings. The summed E-state index contributed by atoms with van der Waals surface area (Å²) in [6.07, 6.45) is 1.91. The molecule has 0 spiro atoms. The second kappa shape index (κ2) is 9.75. The minimum Gasteiger partial charge on any atom is -0.465 e. The lowest BCUT2D eigenvalue weighted by Crippen LogP contribution is -2.28. The van der Waals surface area contributed by atoms with Gasteiger partial charge in [0.25, 0.3) is 5.91 Å². The van der Waals surface area contributed by atoms with E-state index in [1.165, 1.54) is 16.8 Å². The maximum absolute atomic E-state index is 13.0. The molecule has 2 heterocycles. The summed E-state index contributed by atoms with van der Waals surface area (Å²) in [6, 6.07) is 17.3. The molecule has 1 N–H and O–H groups in total. The van der Waals surface area contributed by atoms with E-state index in [-0.39, 0.29) is 17.4 Å². The minimum atomic E-state index is -3.81. The second-order valence-electron chi connectivity index (χ2n) is 8.08. The summed E-state index contributed by atoms with van der Waals surface area (Å²) in [7, 11) is -2.10. The van der Waals surface area contributed by atoms with Gasteiger partial charge in [-0.05, 0) is 49.1 Å². The van der Waals surface area contributed by atoms with Crippen LogP contribution < -0.4 is 5.32 Å². The number of hydrogen-bond donors (Lipinski definition) is 1. The molecule has 0 saturated carbocycles. The number of para-hydroxylation sites is 1. The summed E-state index contributed by atoms with van der Waals surface area (Å²) < 4.78 is 33.0. The van der Waals surface area contributed by atoms with E-state index in [2.05, 4.69) is 10.4 Å². The van der Waals surface area contributed by atoms with Gasteiger partial charge < -0.3 is 10.1 Å². The fourth-order valence-electron chi connectivity index (χ4n) is 3.82. The van der Waals surface area contributed by atoms with Crippen molar-refractivity contribution in [2.75, 3.05) is 12.4 Å². The van der Waals surface area contributed by atoms with E-state index in [0.717, 1.165) is 10.9 Å². The number of fused-ring (bicyclic) bond motifs is 1. The molecular formula is C25H26N4O5S. The zero-order valence-electron chi connectivity index (χ0n) is 19.6. The molecule has 182 valence electrons. The predicted molar refractivity (Wildman–Crippen MR) is 131 cm³/mol. The summed E-state index contributed by atoms with van der Waals surface area (Å²) in [4.78, 5) is 24.6. The third kappa shape index (κ3) is 5.12. The van der Waals surface area contributed by atoms with Crippen molar-refractivity contribution < 1.29 is 22.7 Å². The number of benzene rings is 2. The van der Waals surface area contributed by atoms with Crippen molar-refractivity contribution in [1.29, 1.82) is 0 Å². The van der Waals surface area contributed by atoms with Gasteiger partial charge in [0.05, 0.1) is 23.1 Å². The van der Waals surface area contributed by atoms with Gasteiger partial charge in [-0.1, -0.05) is 30.3 Å². The Morgan fingerprint density at radius 3 is 2.51 bits per heavy atom. The first-order valence-corrected chi connectivity index (χ1v) is 12.7. The number of amides is 1. The van der Waals surface area contributed by atoms with E-state index in [9.17, 15) is 18.0 Å². The Morgan fingerprint density at radius 1 is 1.09 bits per heavy atom. The van der Waals surface area contributed by atoms with Gasteiger partial charge in [0.1, 0.15) is 5.69 Å². The zero-order valence-corrected chi connectivity index (χ0v) is 20.5. The number of aromatic nitrogens is 3. The molecule has 35 heavy (non-hydrogen) atoms. The first-order valence-electron chi connectivity index (χ1n) is 11.1. The van der Waals surface area contributed by atoms with Crippen LogP contribution in [-0.4, -0.2) is 47.0 Å². The van der Waals surface area contributed by atoms with E-state index < -0.39 is 27.6 Å². The Balaban J connectivity index is 1.47. The Hall–Kier alpha value is -3.92. The first kappa shape index (κ1) is 24.2. The molecule has 0 saturated heterocycles. The fourth-order valence-corrected chi connectivity index (χ4v) is 4.94. The van der Waals surface area contributed by atoms with Crippen LogP contribution in [0.4, 0.5) is 0 Å². The molecule has 9 nitrogen and oxygen atoms in total. The Morgan fingerprint density at radius 2 is 1.80 bits per heavy atom. The normalized spacial score (nSPS) is 12.4. The van der Waals surface area contributed by atoms with Crippen molar-refractivity contribution in [1.82, 2.24) is 19.7 Å². The second-order valence-corrected chi connectivity index (χ2v) is 10.1. The van der Waals surface area contributed by atoms with Crippen LogP contribution in [0.15, 0.2) is 71.8 Å². The molecular weight excluding hydrogens is 468 g/mol. The maximum Gasteiger partial charge on any atom is 0.321 e. The van der Waals surface area contributed by atoms with Crippen molar-refractivity contribution in [3.05, 3.63) is 78.1 Å². The number of carbonyl (C=O) groups excluding carboxylic acids is 2. The molecule has 0 aliphatic heterocycles. The lowest BCUT2D eigenvalue weighted by Gasteiger charge is -2.15. The molecule has 0 unspecified atom stereocenters. The highest BCUT2D eigenvalue weighted by Gasteiger charge is 2.21. The van der Waals surface area contributed by atoms with Crippen LogP contribution >= 0.6 is 0 Å². The number of carbonyl (C=O) groups is 2. The van der Waals surface area contributed by atoms with Crippen molar-refractivity contribution in [3.63, 3.8) is 0 Å². The average Bonchev–Trinajstić information content (AvgIpc) is 3.42. The number of esters is 1. The molecule has 0 aliphatic carbocycles. The van der Waals surface area contributed by atoms with Crippen LogP contribution in [0.25, 0.3) is 16.7 Å². The first-order chi connectivity index (χ1) is 16.7. The van der Waals surface area contributed by atoms with Crippen molar-refractivity contribution in [2.45, 2.75) is 24.8 Å². The van der Waals surface area contributed by atoms with Gasteiger partial charge in [-0.25, -0.2) is 8.42 Å². The van der Waals surface area contributed by atoms with Crippen LogP contribution in [0.3, 0.4) is 0 Å². The molecule has 1 atom stereocenters. The zero-order chi connectivity index (χ0) is 25.2. The lowest BCUT2D eigenvalue weighted by molar-refractivity contribution is -0.139. The molecule has 4 rings (SSSR count). The van der Waals surface area contributed by atoms with E-state index in [1.54, 1.807) is 39.1 Å². The van der Waals surface area contributed by atoms with Gasteiger partial charge >= 0.3 is 5.97 Å². The largest absolute Gasteiger partial charge is 0.465 e. The Kier molecular flexibility index (Phi) is 6.74. The van der Waals surface area contributed by atoms with Gasteiger partial charge in [0.2, 0.25) is 0 Å². The number of sulfone groups is 1. The van der Waals surface area contributed by atoms with E-state index in [0.29, 0.717) is 17.1 Å². The highest BCUT2D eigenvalue weighted by atomic mass is 32.2. The number of rotatable bonds is 8. The third-order valence-electron chi connectivity index (χ3n) is 5.65. The minimum absolute atomic E-state index is 0.0167. The Bertz CT molecular complexity index is 1490. The Labute approximate surface area is 203 Å². The van der Waals surface area contributed by atoms with Gasteiger partial charge in [0, 0.05) is 19.3 Å². The third-order valence-corrected chi connectivity index (χ3v) is 7.25. The molecule has 0 aliphatic rings. The molecule has 2 aromatic carbocycles. The van der Waals surface area contributed by atoms with Crippen molar-refractivity contribution in [3.8, 4) is 5.82 Å². The summed E-state index contributed by atoms with van der Waals surface area (Å²) in [5, 5.41) is 8.49. The average molecular weight is 495 g/mol. The van der Waals surface area contributed by atoms with E-state index in [1.807, 2.05) is 41.1 Å². The smallest absolute Gasteiger partial charge is 0.321 e. The summed E-state index contributed by atoms with van der Waals surface area (Å²) in [5.41, 5.74) is 2.09. The number of nitrogens with zero attached hydrogens (tertiary/aromatic N) is 3. The van der Waals surface area contributed by atoms with Gasteiger partial charge in [-0.3, -0.25) is 18.8 Å². The van der Waals surface area contributed by atoms with Gasteiger partial charge in [-0.15, -0.1) is 0 Å². The van der Waals surface area contributed by atoms with Crippen molar-refractivity contribution >= 4 is 32.6 Å². The molecule has 0 bridgehead atoms. The molecule has 0 radical (unpaired) electrons. The van der Waals surface area contributed by atoms with Crippen LogP contribution in [0.2, 0.25) is 0 Å². The molecule has 10 heteroatoms. The van der Waals surface area contributed by atoms with E-state index in [4.69, 9.17) is 4.74 Å². The summed E-state index contributed by atoms with van der Waals surface area (Å²) in [5.74, 6) is -1.19. The van der Waals surface area contributed by atoms with Crippen LogP contribution in [-0.2, 0) is 26.4 Å². The molecule has 2 aromatic heterocycles. The van der Waals surface area contributed by atoms with Crippen molar-refractivity contribution in [2.24, 2.45) is 7.05 Å². The highest BCUT2D eigenvalue weighted by Crippen LogP contribution is 2.21. The van der Waals surface area contributed by atoms with Crippen LogP contribution in [0.1, 0.15) is 35.9 Å². The lowest BCUT2D eigenvalue weighted by atomic mass is 10.1. The fraction of sp³-hybridized carbons (Fsp3) is 0.240.